The van der Waals surface area contributed by atoms with Gasteiger partial charge in [0.05, 0.1) is 0 Å². The summed E-state index contributed by atoms with van der Waals surface area (Å²) in [6, 6.07) is 4.11. The number of hydrogen-bond donors (Lipinski definition) is 2. The van der Waals surface area contributed by atoms with E-state index in [1.54, 1.807) is 27.0 Å². The summed E-state index contributed by atoms with van der Waals surface area (Å²) in [6.07, 6.45) is 0.615. The van der Waals surface area contributed by atoms with Gasteiger partial charge in [0.25, 0.3) is 0 Å². The van der Waals surface area contributed by atoms with Crippen molar-refractivity contribution in [3.63, 3.8) is 0 Å². The second-order valence-electron chi connectivity index (χ2n) is 5.14. The third-order valence-corrected chi connectivity index (χ3v) is 4.67. The van der Waals surface area contributed by atoms with Crippen molar-refractivity contribution in [3.05, 3.63) is 29.6 Å². The lowest BCUT2D eigenvalue weighted by Crippen LogP contribution is -2.42. The van der Waals surface area contributed by atoms with Crippen molar-refractivity contribution in [3.8, 4) is 0 Å². The van der Waals surface area contributed by atoms with Crippen LogP contribution in [0.1, 0.15) is 32.8 Å². The Morgan fingerprint density at radius 1 is 1.32 bits per heavy atom. The Kier molecular flexibility index (Phi) is 5.06. The van der Waals surface area contributed by atoms with E-state index in [2.05, 4.69) is 10.0 Å². The molecule has 2 N–H and O–H groups in total. The highest BCUT2D eigenvalue weighted by molar-refractivity contribution is 7.89. The van der Waals surface area contributed by atoms with Gasteiger partial charge >= 0.3 is 0 Å². The van der Waals surface area contributed by atoms with Crippen molar-refractivity contribution in [2.45, 2.75) is 44.2 Å². The van der Waals surface area contributed by atoms with Gasteiger partial charge in [-0.2, -0.15) is 0 Å². The van der Waals surface area contributed by atoms with Gasteiger partial charge in [0.2, 0.25) is 10.0 Å². The molecule has 0 radical (unpaired) electrons. The maximum absolute atomic E-state index is 13.7. The van der Waals surface area contributed by atoms with Crippen molar-refractivity contribution in [2.24, 2.45) is 0 Å². The lowest BCUT2D eigenvalue weighted by molar-refractivity contribution is 0.437. The van der Waals surface area contributed by atoms with Crippen molar-refractivity contribution in [2.75, 3.05) is 7.05 Å². The Balaban J connectivity index is 3.17. The molecule has 1 aromatic rings. The number of benzene rings is 1. The molecule has 0 bridgehead atoms. The minimum atomic E-state index is -3.85. The number of halogens is 1. The lowest BCUT2D eigenvalue weighted by atomic mass is 10.0. The maximum atomic E-state index is 13.7. The van der Waals surface area contributed by atoms with E-state index >= 15 is 0 Å². The third-order valence-electron chi connectivity index (χ3n) is 2.96. The van der Waals surface area contributed by atoms with E-state index in [1.165, 1.54) is 12.1 Å². The van der Waals surface area contributed by atoms with Crippen LogP contribution in [0.25, 0.3) is 0 Å². The quantitative estimate of drug-likeness (QED) is 0.842. The molecule has 0 unspecified atom stereocenters. The van der Waals surface area contributed by atoms with Gasteiger partial charge in [-0.05, 0) is 45.0 Å². The smallest absolute Gasteiger partial charge is 0.243 e. The first-order valence-corrected chi connectivity index (χ1v) is 7.67. The molecule has 0 spiro atoms. The first kappa shape index (κ1) is 16.1. The Bertz CT molecular complexity index is 542. The lowest BCUT2D eigenvalue weighted by Gasteiger charge is -2.24. The first-order chi connectivity index (χ1) is 8.72. The first-order valence-electron chi connectivity index (χ1n) is 6.19. The van der Waals surface area contributed by atoms with Gasteiger partial charge in [-0.1, -0.05) is 13.0 Å². The molecule has 0 heterocycles. The van der Waals surface area contributed by atoms with Crippen LogP contribution in [-0.2, 0) is 16.6 Å². The van der Waals surface area contributed by atoms with Crippen LogP contribution >= 0.6 is 0 Å². The van der Waals surface area contributed by atoms with Gasteiger partial charge in [-0.3, -0.25) is 0 Å². The van der Waals surface area contributed by atoms with E-state index in [0.717, 1.165) is 5.56 Å². The highest BCUT2D eigenvalue weighted by Gasteiger charge is 2.27. The van der Waals surface area contributed by atoms with Crippen LogP contribution in [0.15, 0.2) is 23.1 Å². The molecule has 4 nitrogen and oxygen atoms in total. The average Bonchev–Trinajstić information content (AvgIpc) is 2.30. The number of hydrogen-bond acceptors (Lipinski definition) is 3. The fourth-order valence-electron chi connectivity index (χ4n) is 1.56. The van der Waals surface area contributed by atoms with Crippen LogP contribution in [-0.4, -0.2) is 21.0 Å². The SMILES string of the molecule is CCC(C)(C)NS(=O)(=O)c1cc(CNC)ccc1F. The summed E-state index contributed by atoms with van der Waals surface area (Å²) in [5.41, 5.74) is 0.114. The van der Waals surface area contributed by atoms with Crippen LogP contribution in [0.5, 0.6) is 0 Å². The molecule has 0 aromatic heterocycles. The summed E-state index contributed by atoms with van der Waals surface area (Å²) >= 11 is 0. The normalized spacial score (nSPS) is 12.7. The van der Waals surface area contributed by atoms with Gasteiger partial charge in [0, 0.05) is 12.1 Å². The van der Waals surface area contributed by atoms with Crippen molar-refractivity contribution >= 4 is 10.0 Å². The van der Waals surface area contributed by atoms with Gasteiger partial charge in [0.1, 0.15) is 10.7 Å². The van der Waals surface area contributed by atoms with E-state index in [-0.39, 0.29) is 4.90 Å². The van der Waals surface area contributed by atoms with E-state index in [9.17, 15) is 12.8 Å². The van der Waals surface area contributed by atoms with Crippen LogP contribution in [0, 0.1) is 5.82 Å². The molecule has 0 amide bonds. The maximum Gasteiger partial charge on any atom is 0.243 e. The zero-order valence-corrected chi connectivity index (χ0v) is 12.6. The molecule has 0 aliphatic rings. The summed E-state index contributed by atoms with van der Waals surface area (Å²) in [5.74, 6) is -0.737. The monoisotopic (exact) mass is 288 g/mol. The van der Waals surface area contributed by atoms with Gasteiger partial charge < -0.3 is 5.32 Å². The Hall–Kier alpha value is -0.980. The molecule has 0 fully saturated rings. The molecule has 19 heavy (non-hydrogen) atoms. The van der Waals surface area contributed by atoms with Crippen molar-refractivity contribution in [1.29, 1.82) is 0 Å². The second-order valence-corrected chi connectivity index (χ2v) is 6.79. The standard InChI is InChI=1S/C13H21FN2O2S/c1-5-13(2,3)16-19(17,18)12-8-10(9-15-4)6-7-11(12)14/h6-8,15-16H,5,9H2,1-4H3. The van der Waals surface area contributed by atoms with Crippen LogP contribution in [0.2, 0.25) is 0 Å². The van der Waals surface area contributed by atoms with Crippen LogP contribution in [0.3, 0.4) is 0 Å². The molecule has 0 saturated heterocycles. The van der Waals surface area contributed by atoms with Crippen LogP contribution in [0.4, 0.5) is 4.39 Å². The summed E-state index contributed by atoms with van der Waals surface area (Å²) in [7, 11) is -2.11. The zero-order chi connectivity index (χ0) is 14.7. The molecule has 6 heteroatoms. The fraction of sp³-hybridized carbons (Fsp3) is 0.538. The van der Waals surface area contributed by atoms with E-state index in [4.69, 9.17) is 0 Å². The van der Waals surface area contributed by atoms with Crippen LogP contribution < -0.4 is 10.0 Å². The largest absolute Gasteiger partial charge is 0.316 e. The Morgan fingerprint density at radius 2 is 1.95 bits per heavy atom. The van der Waals surface area contributed by atoms with Gasteiger partial charge in [0.15, 0.2) is 0 Å². The molecule has 0 atom stereocenters. The van der Waals surface area contributed by atoms with Gasteiger partial charge in [-0.15, -0.1) is 0 Å². The molecule has 108 valence electrons. The molecule has 0 aliphatic carbocycles. The topological polar surface area (TPSA) is 58.2 Å². The second kappa shape index (κ2) is 5.98. The third kappa shape index (κ3) is 4.26. The Morgan fingerprint density at radius 3 is 2.47 bits per heavy atom. The van der Waals surface area contributed by atoms with Gasteiger partial charge in [-0.25, -0.2) is 17.5 Å². The van der Waals surface area contributed by atoms with Crippen molar-refractivity contribution < 1.29 is 12.8 Å². The zero-order valence-electron chi connectivity index (χ0n) is 11.7. The van der Waals surface area contributed by atoms with E-state index < -0.39 is 21.4 Å². The minimum Gasteiger partial charge on any atom is -0.316 e. The summed E-state index contributed by atoms with van der Waals surface area (Å²) < 4.78 is 40.7. The number of rotatable bonds is 6. The number of nitrogens with one attached hydrogen (secondary N) is 2. The Labute approximate surface area is 114 Å². The van der Waals surface area contributed by atoms with E-state index in [1.807, 2.05) is 6.92 Å². The molecule has 1 aromatic carbocycles. The molecule has 0 aliphatic heterocycles. The summed E-state index contributed by atoms with van der Waals surface area (Å²) in [4.78, 5) is -0.304. The molecular formula is C13H21FN2O2S. The molecule has 0 saturated carbocycles. The summed E-state index contributed by atoms with van der Waals surface area (Å²) in [5, 5.41) is 2.90. The van der Waals surface area contributed by atoms with E-state index in [0.29, 0.717) is 13.0 Å². The molecule has 1 rings (SSSR count). The highest BCUT2D eigenvalue weighted by atomic mass is 32.2. The number of sulfonamides is 1. The molecular weight excluding hydrogens is 267 g/mol. The predicted octanol–water partition coefficient (Wildman–Crippen LogP) is 2.01. The fourth-order valence-corrected chi connectivity index (χ4v) is 3.17. The highest BCUT2D eigenvalue weighted by Crippen LogP contribution is 2.19. The minimum absolute atomic E-state index is 0.304. The average molecular weight is 288 g/mol. The predicted molar refractivity (Wildman–Crippen MR) is 73.9 cm³/mol. The van der Waals surface area contributed by atoms with Crippen molar-refractivity contribution in [1.82, 2.24) is 10.0 Å². The summed E-state index contributed by atoms with van der Waals surface area (Å²) in [6.45, 7) is 5.89.